The smallest absolute Gasteiger partial charge is 0.270 e. The Kier molecular flexibility index (Phi) is 5.67. The minimum Gasteiger partial charge on any atom is -0.352 e. The third kappa shape index (κ3) is 5.05. The van der Waals surface area contributed by atoms with Gasteiger partial charge in [0.2, 0.25) is 5.91 Å². The first-order chi connectivity index (χ1) is 11.0. The van der Waals surface area contributed by atoms with E-state index in [4.69, 9.17) is 0 Å². The molecule has 1 aromatic carbocycles. The molecule has 0 radical (unpaired) electrons. The van der Waals surface area contributed by atoms with E-state index in [0.717, 1.165) is 19.3 Å². The largest absolute Gasteiger partial charge is 0.352 e. The molecule has 7 nitrogen and oxygen atoms in total. The number of hydrogen-bond acceptors (Lipinski definition) is 4. The molecule has 1 saturated carbocycles. The molecule has 0 aromatic heterocycles. The number of non-ortho nitro benzene ring substituents is 1. The summed E-state index contributed by atoms with van der Waals surface area (Å²) >= 11 is 0. The lowest BCUT2D eigenvalue weighted by Crippen LogP contribution is -2.43. The lowest BCUT2D eigenvalue weighted by atomic mass is 9.87. The quantitative estimate of drug-likeness (QED) is 0.640. The van der Waals surface area contributed by atoms with Crippen LogP contribution < -0.4 is 10.6 Å². The van der Waals surface area contributed by atoms with Gasteiger partial charge in [0.05, 0.1) is 11.5 Å². The fourth-order valence-corrected chi connectivity index (χ4v) is 2.87. The summed E-state index contributed by atoms with van der Waals surface area (Å²) in [4.78, 5) is 34.0. The van der Waals surface area contributed by atoms with Crippen LogP contribution >= 0.6 is 0 Å². The van der Waals surface area contributed by atoms with E-state index in [2.05, 4.69) is 17.6 Å². The maximum absolute atomic E-state index is 12.0. The van der Waals surface area contributed by atoms with Crippen LogP contribution in [-0.4, -0.2) is 29.3 Å². The second kappa shape index (κ2) is 7.71. The van der Waals surface area contributed by atoms with E-state index in [1.54, 1.807) is 0 Å². The molecule has 2 rings (SSSR count). The molecule has 2 amide bonds. The van der Waals surface area contributed by atoms with E-state index in [9.17, 15) is 19.7 Å². The Morgan fingerprint density at radius 3 is 2.83 bits per heavy atom. The maximum atomic E-state index is 12.0. The molecule has 124 valence electrons. The normalized spacial score (nSPS) is 20.6. The molecule has 1 fully saturated rings. The van der Waals surface area contributed by atoms with Gasteiger partial charge in [0.25, 0.3) is 11.6 Å². The van der Waals surface area contributed by atoms with Gasteiger partial charge < -0.3 is 10.6 Å². The van der Waals surface area contributed by atoms with Crippen LogP contribution in [0.25, 0.3) is 0 Å². The number of nitro groups is 1. The lowest BCUT2D eigenvalue weighted by Gasteiger charge is -2.27. The number of hydrogen-bond donors (Lipinski definition) is 2. The number of carbonyl (C=O) groups excluding carboxylic acids is 2. The molecule has 2 unspecified atom stereocenters. The number of rotatable bonds is 5. The summed E-state index contributed by atoms with van der Waals surface area (Å²) < 4.78 is 0. The van der Waals surface area contributed by atoms with Crippen LogP contribution in [-0.2, 0) is 4.79 Å². The first-order valence-electron chi connectivity index (χ1n) is 7.77. The van der Waals surface area contributed by atoms with E-state index in [1.807, 2.05) is 0 Å². The summed E-state index contributed by atoms with van der Waals surface area (Å²) in [6, 6.07) is 5.59. The van der Waals surface area contributed by atoms with Gasteiger partial charge in [-0.15, -0.1) is 0 Å². The van der Waals surface area contributed by atoms with E-state index >= 15 is 0 Å². The molecular formula is C16H21N3O4. The minimum absolute atomic E-state index is 0.133. The second-order valence-electron chi connectivity index (χ2n) is 6.03. The van der Waals surface area contributed by atoms with Crippen LogP contribution in [0.1, 0.15) is 43.0 Å². The number of benzene rings is 1. The second-order valence-corrected chi connectivity index (χ2v) is 6.03. The Labute approximate surface area is 134 Å². The van der Waals surface area contributed by atoms with Crippen LogP contribution in [0.15, 0.2) is 24.3 Å². The van der Waals surface area contributed by atoms with E-state index in [0.29, 0.717) is 5.92 Å². The van der Waals surface area contributed by atoms with E-state index in [-0.39, 0.29) is 29.7 Å². The van der Waals surface area contributed by atoms with Gasteiger partial charge in [-0.2, -0.15) is 0 Å². The summed E-state index contributed by atoms with van der Waals surface area (Å²) in [5, 5.41) is 16.1. The van der Waals surface area contributed by atoms with Crippen LogP contribution in [0.5, 0.6) is 0 Å². The molecule has 2 N–H and O–H groups in total. The highest BCUT2D eigenvalue weighted by Crippen LogP contribution is 2.23. The molecule has 1 aliphatic carbocycles. The monoisotopic (exact) mass is 319 g/mol. The van der Waals surface area contributed by atoms with Gasteiger partial charge in [0.1, 0.15) is 0 Å². The number of carbonyl (C=O) groups is 2. The van der Waals surface area contributed by atoms with Gasteiger partial charge in [-0.05, 0) is 24.8 Å². The van der Waals surface area contributed by atoms with Gasteiger partial charge in [-0.25, -0.2) is 0 Å². The van der Waals surface area contributed by atoms with Crippen LogP contribution in [0.2, 0.25) is 0 Å². The zero-order chi connectivity index (χ0) is 16.8. The molecular weight excluding hydrogens is 298 g/mol. The first-order valence-corrected chi connectivity index (χ1v) is 7.77. The number of nitro benzene ring substituents is 1. The topological polar surface area (TPSA) is 101 Å². The summed E-state index contributed by atoms with van der Waals surface area (Å²) in [6.45, 7) is 2.04. The molecule has 1 aromatic rings. The molecule has 0 aliphatic heterocycles. The van der Waals surface area contributed by atoms with Crippen molar-refractivity contribution in [2.45, 2.75) is 38.6 Å². The van der Waals surface area contributed by atoms with E-state index < -0.39 is 10.8 Å². The molecule has 2 atom stereocenters. The van der Waals surface area contributed by atoms with Crippen molar-refractivity contribution in [1.29, 1.82) is 0 Å². The van der Waals surface area contributed by atoms with Gasteiger partial charge >= 0.3 is 0 Å². The number of amides is 2. The molecule has 1 aliphatic rings. The standard InChI is InChI=1S/C16H21N3O4/c1-11-4-2-6-13(8-11)18-15(20)10-17-16(21)12-5-3-7-14(9-12)19(22)23/h3,5,7,9,11,13H,2,4,6,8,10H2,1H3,(H,17,21)(H,18,20). The minimum atomic E-state index is -0.562. The summed E-state index contributed by atoms with van der Waals surface area (Å²) in [6.07, 6.45) is 4.22. The average molecular weight is 319 g/mol. The molecule has 0 saturated heterocycles. The Balaban J connectivity index is 1.82. The molecule has 7 heteroatoms. The maximum Gasteiger partial charge on any atom is 0.270 e. The number of nitrogens with zero attached hydrogens (tertiary/aromatic N) is 1. The zero-order valence-corrected chi connectivity index (χ0v) is 13.1. The van der Waals surface area contributed by atoms with Crippen molar-refractivity contribution in [2.75, 3.05) is 6.54 Å². The van der Waals surface area contributed by atoms with Crippen molar-refractivity contribution < 1.29 is 14.5 Å². The van der Waals surface area contributed by atoms with Crippen molar-refractivity contribution in [3.63, 3.8) is 0 Å². The summed E-state index contributed by atoms with van der Waals surface area (Å²) in [7, 11) is 0. The van der Waals surface area contributed by atoms with Gasteiger partial charge in [-0.1, -0.05) is 25.8 Å². The van der Waals surface area contributed by atoms with Gasteiger partial charge in [-0.3, -0.25) is 19.7 Å². The van der Waals surface area contributed by atoms with Gasteiger partial charge in [0.15, 0.2) is 0 Å². The third-order valence-corrected chi connectivity index (χ3v) is 4.03. The zero-order valence-electron chi connectivity index (χ0n) is 13.1. The third-order valence-electron chi connectivity index (χ3n) is 4.03. The van der Waals surface area contributed by atoms with Crippen molar-refractivity contribution in [3.8, 4) is 0 Å². The SMILES string of the molecule is CC1CCCC(NC(=O)CNC(=O)c2cccc([N+](=O)[O-])c2)C1. The first kappa shape index (κ1) is 16.9. The van der Waals surface area contributed by atoms with Crippen molar-refractivity contribution >= 4 is 17.5 Å². The summed E-state index contributed by atoms with van der Waals surface area (Å²) in [5.74, 6) is -0.128. The Morgan fingerprint density at radius 2 is 2.13 bits per heavy atom. The highest BCUT2D eigenvalue weighted by atomic mass is 16.6. The molecule has 23 heavy (non-hydrogen) atoms. The summed E-state index contributed by atoms with van der Waals surface area (Å²) in [5.41, 5.74) is 0.0107. The highest BCUT2D eigenvalue weighted by Gasteiger charge is 2.20. The Morgan fingerprint density at radius 1 is 1.35 bits per heavy atom. The predicted octanol–water partition coefficient (Wildman–Crippen LogP) is 2.02. The molecule has 0 heterocycles. The lowest BCUT2D eigenvalue weighted by molar-refractivity contribution is -0.384. The number of nitrogens with one attached hydrogen (secondary N) is 2. The Bertz CT molecular complexity index is 603. The van der Waals surface area contributed by atoms with Crippen molar-refractivity contribution in [1.82, 2.24) is 10.6 Å². The molecule has 0 bridgehead atoms. The van der Waals surface area contributed by atoms with Crippen LogP contribution in [0.4, 0.5) is 5.69 Å². The van der Waals surface area contributed by atoms with Crippen molar-refractivity contribution in [3.05, 3.63) is 39.9 Å². The van der Waals surface area contributed by atoms with Gasteiger partial charge in [0, 0.05) is 23.7 Å². The fraction of sp³-hybridized carbons (Fsp3) is 0.500. The van der Waals surface area contributed by atoms with Crippen LogP contribution in [0.3, 0.4) is 0 Å². The Hall–Kier alpha value is -2.44. The van der Waals surface area contributed by atoms with Crippen LogP contribution in [0, 0.1) is 16.0 Å². The predicted molar refractivity (Wildman–Crippen MR) is 85.0 cm³/mol. The highest BCUT2D eigenvalue weighted by molar-refractivity contribution is 5.96. The van der Waals surface area contributed by atoms with Crippen molar-refractivity contribution in [2.24, 2.45) is 5.92 Å². The fourth-order valence-electron chi connectivity index (χ4n) is 2.87. The average Bonchev–Trinajstić information content (AvgIpc) is 2.52. The van der Waals surface area contributed by atoms with E-state index in [1.165, 1.54) is 30.7 Å². The molecule has 0 spiro atoms.